The van der Waals surface area contributed by atoms with E-state index in [2.05, 4.69) is 6.08 Å². The van der Waals surface area contributed by atoms with E-state index in [4.69, 9.17) is 9.47 Å². The molecule has 1 saturated heterocycles. The molecular formula is C16H22O4. The second-order valence-electron chi connectivity index (χ2n) is 5.86. The van der Waals surface area contributed by atoms with Crippen molar-refractivity contribution in [3.63, 3.8) is 0 Å². The van der Waals surface area contributed by atoms with E-state index in [0.29, 0.717) is 0 Å². The lowest BCUT2D eigenvalue weighted by Gasteiger charge is -2.26. The smallest absolute Gasteiger partial charge is 0.325 e. The molecule has 20 heavy (non-hydrogen) atoms. The Morgan fingerprint density at radius 2 is 2.15 bits per heavy atom. The highest BCUT2D eigenvalue weighted by Crippen LogP contribution is 2.52. The molecule has 1 fully saturated rings. The minimum atomic E-state index is -1.16. The fourth-order valence-electron chi connectivity index (χ4n) is 3.29. The lowest BCUT2D eigenvalue weighted by molar-refractivity contribution is -0.166. The van der Waals surface area contributed by atoms with Crippen LogP contribution in [0.2, 0.25) is 0 Å². The second kappa shape index (κ2) is 5.43. The molecule has 2 aliphatic rings. The summed E-state index contributed by atoms with van der Waals surface area (Å²) in [5, 5.41) is 0. The van der Waals surface area contributed by atoms with Crippen molar-refractivity contribution in [1.29, 1.82) is 0 Å². The minimum absolute atomic E-state index is 0.180. The number of ether oxygens (including phenoxy) is 2. The fraction of sp³-hybridized carbons (Fsp3) is 0.625. The van der Waals surface area contributed by atoms with Gasteiger partial charge in [0.2, 0.25) is 0 Å². The normalized spacial score (nSPS) is 34.6. The third-order valence-corrected chi connectivity index (χ3v) is 4.37. The van der Waals surface area contributed by atoms with Crippen LogP contribution in [0.4, 0.5) is 0 Å². The van der Waals surface area contributed by atoms with Crippen LogP contribution in [0.3, 0.4) is 0 Å². The third kappa shape index (κ3) is 2.07. The highest BCUT2D eigenvalue weighted by Gasteiger charge is 2.66. The third-order valence-electron chi connectivity index (χ3n) is 4.37. The maximum absolute atomic E-state index is 12.3. The predicted octanol–water partition coefficient (Wildman–Crippen LogP) is 2.64. The predicted molar refractivity (Wildman–Crippen MR) is 74.8 cm³/mol. The van der Waals surface area contributed by atoms with Crippen LogP contribution < -0.4 is 0 Å². The van der Waals surface area contributed by atoms with Gasteiger partial charge in [0.05, 0.1) is 7.11 Å². The quantitative estimate of drug-likeness (QED) is 0.450. The fourth-order valence-corrected chi connectivity index (χ4v) is 3.29. The largest absolute Gasteiger partial charge is 0.468 e. The Labute approximate surface area is 119 Å². The van der Waals surface area contributed by atoms with Gasteiger partial charge in [-0.25, -0.2) is 0 Å². The van der Waals surface area contributed by atoms with E-state index in [1.807, 2.05) is 32.9 Å². The summed E-state index contributed by atoms with van der Waals surface area (Å²) in [6.07, 6.45) is 7.33. The second-order valence-corrected chi connectivity index (χ2v) is 5.86. The summed E-state index contributed by atoms with van der Waals surface area (Å²) < 4.78 is 10.4. The Morgan fingerprint density at radius 3 is 2.75 bits per heavy atom. The van der Waals surface area contributed by atoms with E-state index in [9.17, 15) is 9.59 Å². The lowest BCUT2D eigenvalue weighted by atomic mass is 9.71. The maximum atomic E-state index is 12.3. The Balaban J connectivity index is 2.22. The van der Waals surface area contributed by atoms with Gasteiger partial charge >= 0.3 is 11.9 Å². The van der Waals surface area contributed by atoms with Crippen molar-refractivity contribution in [2.75, 3.05) is 7.11 Å². The zero-order valence-electron chi connectivity index (χ0n) is 12.5. The molecule has 4 atom stereocenters. The zero-order chi connectivity index (χ0) is 14.9. The number of fused-ring (bicyclic) bond motifs is 1. The highest BCUT2D eigenvalue weighted by atomic mass is 16.6. The van der Waals surface area contributed by atoms with Crippen LogP contribution in [0.25, 0.3) is 0 Å². The number of esters is 2. The molecule has 0 amide bonds. The first-order valence-electron chi connectivity index (χ1n) is 7.05. The van der Waals surface area contributed by atoms with Crippen LogP contribution in [0.15, 0.2) is 23.8 Å². The zero-order valence-corrected chi connectivity index (χ0v) is 12.5. The molecule has 1 unspecified atom stereocenters. The van der Waals surface area contributed by atoms with Gasteiger partial charge in [-0.2, -0.15) is 0 Å². The molecule has 0 bridgehead atoms. The summed E-state index contributed by atoms with van der Waals surface area (Å²) in [6, 6.07) is 0. The summed E-state index contributed by atoms with van der Waals surface area (Å²) >= 11 is 0. The average Bonchev–Trinajstić information content (AvgIpc) is 2.87. The van der Waals surface area contributed by atoms with Gasteiger partial charge in [-0.3, -0.25) is 9.59 Å². The molecule has 0 radical (unpaired) electrons. The van der Waals surface area contributed by atoms with E-state index in [0.717, 1.165) is 12.8 Å². The molecule has 0 saturated carbocycles. The van der Waals surface area contributed by atoms with Crippen molar-refractivity contribution in [3.8, 4) is 0 Å². The Kier molecular flexibility index (Phi) is 4.02. The first kappa shape index (κ1) is 14.8. The van der Waals surface area contributed by atoms with Crippen molar-refractivity contribution in [3.05, 3.63) is 23.8 Å². The Bertz CT molecular complexity index is 473. The SMILES string of the molecule is COC(=O)[C@@]12C(=O)O[C@H](CCC=C(C)C)[C@@H]1C=CC2C. The summed E-state index contributed by atoms with van der Waals surface area (Å²) in [6.45, 7) is 5.95. The summed E-state index contributed by atoms with van der Waals surface area (Å²) in [4.78, 5) is 24.5. The van der Waals surface area contributed by atoms with Gasteiger partial charge < -0.3 is 9.47 Å². The molecule has 1 aliphatic heterocycles. The summed E-state index contributed by atoms with van der Waals surface area (Å²) in [5.74, 6) is -1.30. The maximum Gasteiger partial charge on any atom is 0.325 e. The van der Waals surface area contributed by atoms with Crippen molar-refractivity contribution in [2.24, 2.45) is 17.3 Å². The number of methoxy groups -OCH3 is 1. The van der Waals surface area contributed by atoms with Gasteiger partial charge in [0.25, 0.3) is 0 Å². The Morgan fingerprint density at radius 1 is 1.45 bits per heavy atom. The first-order valence-corrected chi connectivity index (χ1v) is 7.05. The van der Waals surface area contributed by atoms with Gasteiger partial charge in [0, 0.05) is 11.8 Å². The number of rotatable bonds is 4. The van der Waals surface area contributed by atoms with Crippen molar-refractivity contribution < 1.29 is 19.1 Å². The average molecular weight is 278 g/mol. The molecule has 1 heterocycles. The number of carbonyl (C=O) groups excluding carboxylic acids is 2. The molecular weight excluding hydrogens is 256 g/mol. The van der Waals surface area contributed by atoms with Crippen LogP contribution >= 0.6 is 0 Å². The van der Waals surface area contributed by atoms with Gasteiger partial charge in [0.15, 0.2) is 5.41 Å². The van der Waals surface area contributed by atoms with Crippen LogP contribution in [-0.2, 0) is 19.1 Å². The number of hydrogen-bond acceptors (Lipinski definition) is 4. The van der Waals surface area contributed by atoms with E-state index >= 15 is 0 Å². The molecule has 4 heteroatoms. The molecule has 4 nitrogen and oxygen atoms in total. The van der Waals surface area contributed by atoms with Crippen LogP contribution in [0.1, 0.15) is 33.6 Å². The number of cyclic esters (lactones) is 1. The van der Waals surface area contributed by atoms with Crippen molar-refractivity contribution >= 4 is 11.9 Å². The molecule has 110 valence electrons. The molecule has 2 rings (SSSR count). The van der Waals surface area contributed by atoms with E-state index < -0.39 is 17.4 Å². The summed E-state index contributed by atoms with van der Waals surface area (Å²) in [5.41, 5.74) is 0.0774. The minimum Gasteiger partial charge on any atom is -0.468 e. The van der Waals surface area contributed by atoms with Gasteiger partial charge in [-0.05, 0) is 26.7 Å². The van der Waals surface area contributed by atoms with Crippen LogP contribution in [-0.4, -0.2) is 25.2 Å². The van der Waals surface area contributed by atoms with Crippen LogP contribution in [0, 0.1) is 17.3 Å². The number of carbonyl (C=O) groups is 2. The van der Waals surface area contributed by atoms with Crippen molar-refractivity contribution in [1.82, 2.24) is 0 Å². The molecule has 0 aromatic heterocycles. The van der Waals surface area contributed by atoms with Gasteiger partial charge in [0.1, 0.15) is 6.10 Å². The molecule has 0 spiro atoms. The first-order chi connectivity index (χ1) is 9.44. The molecule has 0 N–H and O–H groups in total. The molecule has 1 aliphatic carbocycles. The topological polar surface area (TPSA) is 52.6 Å². The highest BCUT2D eigenvalue weighted by molar-refractivity contribution is 6.03. The van der Waals surface area contributed by atoms with Gasteiger partial charge in [-0.15, -0.1) is 0 Å². The number of hydrogen-bond donors (Lipinski definition) is 0. The molecule has 0 aromatic rings. The van der Waals surface area contributed by atoms with E-state index in [1.54, 1.807) is 0 Å². The Hall–Kier alpha value is -1.58. The van der Waals surface area contributed by atoms with E-state index in [1.165, 1.54) is 12.7 Å². The van der Waals surface area contributed by atoms with Crippen LogP contribution in [0.5, 0.6) is 0 Å². The number of allylic oxidation sites excluding steroid dienone is 3. The lowest BCUT2D eigenvalue weighted by Crippen LogP contribution is -2.44. The monoisotopic (exact) mass is 278 g/mol. The molecule has 0 aromatic carbocycles. The van der Waals surface area contributed by atoms with Gasteiger partial charge in [-0.1, -0.05) is 30.7 Å². The summed E-state index contributed by atoms with van der Waals surface area (Å²) in [7, 11) is 1.32. The van der Waals surface area contributed by atoms with Crippen molar-refractivity contribution in [2.45, 2.75) is 39.7 Å². The standard InChI is InChI=1S/C16H22O4/c1-10(2)6-5-7-13-12-9-8-11(3)16(12,14(17)19-4)15(18)20-13/h6,8-9,11-13H,5,7H2,1-4H3/t11?,12-,13+,16-/m0/s1. The van der Waals surface area contributed by atoms with E-state index in [-0.39, 0.29) is 17.9 Å².